The number of halogens is 2. The molecule has 7 nitrogen and oxygen atoms in total. The Hall–Kier alpha value is -2.35. The number of likely N-dealkylation sites (N-methyl/N-ethyl adjacent to an activating group) is 2. The van der Waals surface area contributed by atoms with Gasteiger partial charge in [0.1, 0.15) is 0 Å². The number of carbonyl (C=O) groups is 1. The Morgan fingerprint density at radius 2 is 1.90 bits per heavy atom. The molecule has 164 valence electrons. The molecule has 1 amide bonds. The molecule has 1 aliphatic heterocycles. The van der Waals surface area contributed by atoms with Crippen LogP contribution in [0.25, 0.3) is 10.9 Å². The normalized spacial score (nSPS) is 16.1. The maximum Gasteiger partial charge on any atom is 0.292 e. The molecule has 1 atom stereocenters. The summed E-state index contributed by atoms with van der Waals surface area (Å²) in [4.78, 5) is 31.4. The van der Waals surface area contributed by atoms with Crippen molar-refractivity contribution in [3.8, 4) is 0 Å². The van der Waals surface area contributed by atoms with E-state index in [2.05, 4.69) is 24.8 Å². The van der Waals surface area contributed by atoms with Crippen LogP contribution >= 0.6 is 23.2 Å². The molecular weight excluding hydrogens is 435 g/mol. The fourth-order valence-corrected chi connectivity index (χ4v) is 4.42. The van der Waals surface area contributed by atoms with E-state index in [1.807, 2.05) is 39.0 Å². The summed E-state index contributed by atoms with van der Waals surface area (Å²) in [6, 6.07) is 3.62. The highest BCUT2D eigenvalue weighted by Crippen LogP contribution is 2.40. The first-order valence-corrected chi connectivity index (χ1v) is 11.0. The lowest BCUT2D eigenvalue weighted by Crippen LogP contribution is -2.39. The van der Waals surface area contributed by atoms with Crippen LogP contribution in [0.15, 0.2) is 24.5 Å². The maximum atomic E-state index is 13.2. The maximum absolute atomic E-state index is 13.2. The van der Waals surface area contributed by atoms with Crippen LogP contribution in [-0.2, 0) is 6.42 Å². The number of hydrogen-bond donors (Lipinski definition) is 1. The van der Waals surface area contributed by atoms with E-state index >= 15 is 0 Å². The van der Waals surface area contributed by atoms with E-state index < -0.39 is 0 Å². The summed E-state index contributed by atoms with van der Waals surface area (Å²) in [5.74, 6) is 0.0380. The van der Waals surface area contributed by atoms with Gasteiger partial charge in [-0.1, -0.05) is 29.3 Å². The Bertz CT molecular complexity index is 1110. The minimum atomic E-state index is -0.171. The van der Waals surface area contributed by atoms with E-state index in [9.17, 15) is 4.79 Å². The molecule has 31 heavy (non-hydrogen) atoms. The lowest BCUT2D eigenvalue weighted by molar-refractivity contribution is 0.0665. The van der Waals surface area contributed by atoms with Crippen LogP contribution in [0.2, 0.25) is 10.0 Å². The topological polar surface area (TPSA) is 68.4 Å². The van der Waals surface area contributed by atoms with Gasteiger partial charge in [-0.2, -0.15) is 0 Å². The number of benzene rings is 1. The van der Waals surface area contributed by atoms with Gasteiger partial charge in [-0.3, -0.25) is 4.79 Å². The largest absolute Gasteiger partial charge is 0.371 e. The summed E-state index contributed by atoms with van der Waals surface area (Å²) in [6.45, 7) is 4.38. The monoisotopic (exact) mass is 460 g/mol. The first-order valence-electron chi connectivity index (χ1n) is 10.2. The minimum absolute atomic E-state index is 0.131. The van der Waals surface area contributed by atoms with Crippen molar-refractivity contribution in [1.82, 2.24) is 24.8 Å². The number of hydrogen-bond acceptors (Lipinski definition) is 5. The fourth-order valence-electron chi connectivity index (χ4n) is 4.05. The molecule has 0 fully saturated rings. The fraction of sp³-hybridized carbons (Fsp3) is 0.409. The van der Waals surface area contributed by atoms with Crippen LogP contribution in [0.3, 0.4) is 0 Å². The van der Waals surface area contributed by atoms with Gasteiger partial charge in [0.15, 0.2) is 0 Å². The highest BCUT2D eigenvalue weighted by molar-refractivity contribution is 6.45. The Balaban J connectivity index is 1.56. The second-order valence-electron chi connectivity index (χ2n) is 8.22. The molecule has 0 aliphatic carbocycles. The van der Waals surface area contributed by atoms with Gasteiger partial charge in [0.05, 0.1) is 39.7 Å². The number of nitrogens with zero attached hydrogens (tertiary/aromatic N) is 5. The summed E-state index contributed by atoms with van der Waals surface area (Å²) < 4.78 is 0. The molecular formula is C22H26Cl2N6O. The summed E-state index contributed by atoms with van der Waals surface area (Å²) in [7, 11) is 6.06. The lowest BCUT2D eigenvalue weighted by Gasteiger charge is -2.33. The molecule has 0 spiro atoms. The molecule has 0 saturated heterocycles. The smallest absolute Gasteiger partial charge is 0.292 e. The zero-order valence-electron chi connectivity index (χ0n) is 18.1. The zero-order valence-corrected chi connectivity index (χ0v) is 19.6. The van der Waals surface area contributed by atoms with Gasteiger partial charge in [-0.15, -0.1) is 0 Å². The minimum Gasteiger partial charge on any atom is -0.371 e. The molecule has 9 heteroatoms. The van der Waals surface area contributed by atoms with Crippen LogP contribution in [0.4, 0.5) is 5.69 Å². The first kappa shape index (κ1) is 21.9. The van der Waals surface area contributed by atoms with Gasteiger partial charge in [0.2, 0.25) is 5.82 Å². The van der Waals surface area contributed by atoms with Crippen molar-refractivity contribution in [2.24, 2.45) is 0 Å². The number of rotatable bonds is 5. The van der Waals surface area contributed by atoms with Crippen LogP contribution in [-0.4, -0.2) is 71.4 Å². The Morgan fingerprint density at radius 3 is 2.58 bits per heavy atom. The van der Waals surface area contributed by atoms with Crippen molar-refractivity contribution in [2.45, 2.75) is 19.4 Å². The van der Waals surface area contributed by atoms with Crippen LogP contribution in [0.1, 0.15) is 34.8 Å². The number of amides is 1. The quantitative estimate of drug-likeness (QED) is 0.622. The SMILES string of the molecule is CC1c2c([nH]c3c(Cl)c(Cl)ccc23)CCN1C(=O)c1ncc(N(C)CCN(C)C)cn1. The molecule has 3 heterocycles. The Morgan fingerprint density at radius 1 is 1.19 bits per heavy atom. The van der Waals surface area contributed by atoms with Crippen molar-refractivity contribution in [1.29, 1.82) is 0 Å². The molecule has 2 aromatic heterocycles. The molecule has 4 rings (SSSR count). The number of H-pyrrole nitrogens is 1. The second-order valence-corrected chi connectivity index (χ2v) is 9.00. The van der Waals surface area contributed by atoms with Gasteiger partial charge in [-0.25, -0.2) is 9.97 Å². The number of aromatic nitrogens is 3. The number of aromatic amines is 1. The van der Waals surface area contributed by atoms with Gasteiger partial charge in [0, 0.05) is 49.7 Å². The highest BCUT2D eigenvalue weighted by atomic mass is 35.5. The molecule has 0 saturated carbocycles. The average Bonchev–Trinajstić information content (AvgIpc) is 3.15. The Kier molecular flexibility index (Phi) is 6.10. The molecule has 0 bridgehead atoms. The van der Waals surface area contributed by atoms with Gasteiger partial charge in [-0.05, 0) is 27.1 Å². The van der Waals surface area contributed by atoms with E-state index in [0.29, 0.717) is 23.0 Å². The number of fused-ring (bicyclic) bond motifs is 3. The molecule has 0 radical (unpaired) electrons. The predicted molar refractivity (Wildman–Crippen MR) is 125 cm³/mol. The molecule has 3 aromatic rings. The average molecular weight is 461 g/mol. The standard InChI is InChI=1S/C22H26Cl2N6O/c1-13-18-15-5-6-16(23)19(24)20(15)27-17(18)7-8-30(13)22(31)21-25-11-14(12-26-21)29(4)10-9-28(2)3/h5-6,11-13,27H,7-10H2,1-4H3. The number of anilines is 1. The predicted octanol–water partition coefficient (Wildman–Crippen LogP) is 4.02. The second kappa shape index (κ2) is 8.65. The molecule has 1 aliphatic rings. The van der Waals surface area contributed by atoms with E-state index in [1.54, 1.807) is 18.5 Å². The van der Waals surface area contributed by atoms with Crippen molar-refractivity contribution in [3.63, 3.8) is 0 Å². The Labute approximate surface area is 192 Å². The summed E-state index contributed by atoms with van der Waals surface area (Å²) in [5, 5.41) is 2.02. The van der Waals surface area contributed by atoms with Crippen LogP contribution in [0.5, 0.6) is 0 Å². The zero-order chi connectivity index (χ0) is 22.3. The summed E-state index contributed by atoms with van der Waals surface area (Å²) in [6.07, 6.45) is 4.13. The molecule has 1 N–H and O–H groups in total. The van der Waals surface area contributed by atoms with Gasteiger partial charge >= 0.3 is 0 Å². The highest BCUT2D eigenvalue weighted by Gasteiger charge is 2.32. The van der Waals surface area contributed by atoms with E-state index in [4.69, 9.17) is 23.2 Å². The van der Waals surface area contributed by atoms with Crippen LogP contribution in [0, 0.1) is 0 Å². The third kappa shape index (κ3) is 4.10. The third-order valence-electron chi connectivity index (χ3n) is 5.89. The van der Waals surface area contributed by atoms with E-state index in [0.717, 1.165) is 40.9 Å². The molecule has 1 unspecified atom stereocenters. The summed E-state index contributed by atoms with van der Waals surface area (Å²) >= 11 is 12.6. The van der Waals surface area contributed by atoms with Gasteiger partial charge < -0.3 is 19.7 Å². The van der Waals surface area contributed by atoms with Crippen molar-refractivity contribution in [2.75, 3.05) is 45.7 Å². The third-order valence-corrected chi connectivity index (χ3v) is 6.69. The van der Waals surface area contributed by atoms with E-state index in [1.165, 1.54) is 0 Å². The number of carbonyl (C=O) groups excluding carboxylic acids is 1. The van der Waals surface area contributed by atoms with Gasteiger partial charge in [0.25, 0.3) is 5.91 Å². The summed E-state index contributed by atoms with van der Waals surface area (Å²) in [5.41, 5.74) is 3.87. The molecule has 1 aromatic carbocycles. The van der Waals surface area contributed by atoms with E-state index in [-0.39, 0.29) is 17.8 Å². The van der Waals surface area contributed by atoms with Crippen molar-refractivity contribution < 1.29 is 4.79 Å². The van der Waals surface area contributed by atoms with Crippen molar-refractivity contribution >= 4 is 45.7 Å². The lowest BCUT2D eigenvalue weighted by atomic mass is 9.97. The van der Waals surface area contributed by atoms with Crippen molar-refractivity contribution in [3.05, 3.63) is 51.7 Å². The number of nitrogens with one attached hydrogen (secondary N) is 1. The first-order chi connectivity index (χ1) is 14.8. The van der Waals surface area contributed by atoms with Crippen LogP contribution < -0.4 is 4.90 Å².